The average Bonchev–Trinajstić information content (AvgIpc) is 2.51. The molecule has 0 aliphatic carbocycles. The Bertz CT molecular complexity index is 618. The Balaban J connectivity index is 2.46. The predicted octanol–water partition coefficient (Wildman–Crippen LogP) is 0.0929. The maximum atomic E-state index is 11.9. The lowest BCUT2D eigenvalue weighted by Crippen LogP contribution is -2.31. The molecule has 0 aliphatic heterocycles. The lowest BCUT2D eigenvalue weighted by molar-refractivity contribution is -0.136. The molecular weight excluding hydrogens is 314 g/mol. The number of hydrogen-bond donors (Lipinski definition) is 6. The van der Waals surface area contributed by atoms with E-state index in [9.17, 15) is 14.4 Å². The monoisotopic (exact) mass is 335 g/mol. The summed E-state index contributed by atoms with van der Waals surface area (Å²) in [5, 5.41) is 23.3. The summed E-state index contributed by atoms with van der Waals surface area (Å²) in [4.78, 5) is 34.1. The molecule has 7 N–H and O–H groups in total. The Morgan fingerprint density at radius 2 is 1.88 bits per heavy atom. The zero-order valence-electron chi connectivity index (χ0n) is 13.1. The van der Waals surface area contributed by atoms with E-state index in [0.29, 0.717) is 24.2 Å². The van der Waals surface area contributed by atoms with E-state index < -0.39 is 11.9 Å². The summed E-state index contributed by atoms with van der Waals surface area (Å²) in [5.74, 6) is -1.76. The highest BCUT2D eigenvalue weighted by Crippen LogP contribution is 2.11. The number of amides is 2. The zero-order chi connectivity index (χ0) is 17.9. The summed E-state index contributed by atoms with van der Waals surface area (Å²) in [6.45, 7) is 0.461. The van der Waals surface area contributed by atoms with Crippen LogP contribution in [-0.4, -0.2) is 41.9 Å². The first-order valence-electron chi connectivity index (χ1n) is 7.36. The standard InChI is InChI=1S/C15H21N5O4/c16-15(17)19-7-2-5-12(21)20-11-4-1-3-10(9-11)14(24)18-8-6-13(22)23/h1,3-4,9H,2,5-8H2,(H,18,24)(H,20,21)(H,22,23)(H4,16,17,19). The number of benzene rings is 1. The second kappa shape index (κ2) is 9.82. The van der Waals surface area contributed by atoms with E-state index in [2.05, 4.69) is 16.0 Å². The Kier molecular flexibility index (Phi) is 7.76. The van der Waals surface area contributed by atoms with Crippen LogP contribution in [0.1, 0.15) is 29.6 Å². The van der Waals surface area contributed by atoms with E-state index in [1.807, 2.05) is 0 Å². The van der Waals surface area contributed by atoms with Crippen molar-refractivity contribution in [2.24, 2.45) is 5.73 Å². The van der Waals surface area contributed by atoms with Gasteiger partial charge in [-0.05, 0) is 24.6 Å². The number of carbonyl (C=O) groups is 3. The van der Waals surface area contributed by atoms with Gasteiger partial charge >= 0.3 is 5.97 Å². The largest absolute Gasteiger partial charge is 0.481 e. The van der Waals surface area contributed by atoms with E-state index in [0.717, 1.165) is 0 Å². The van der Waals surface area contributed by atoms with Crippen LogP contribution in [0.5, 0.6) is 0 Å². The van der Waals surface area contributed by atoms with Crippen LogP contribution in [0.25, 0.3) is 0 Å². The third kappa shape index (κ3) is 7.78. The third-order valence-electron chi connectivity index (χ3n) is 2.93. The molecule has 0 spiro atoms. The number of nitrogens with two attached hydrogens (primary N) is 1. The molecule has 9 heteroatoms. The second-order valence-electron chi connectivity index (χ2n) is 4.97. The van der Waals surface area contributed by atoms with Gasteiger partial charge in [0.25, 0.3) is 5.91 Å². The van der Waals surface area contributed by atoms with Gasteiger partial charge in [-0.1, -0.05) is 6.07 Å². The van der Waals surface area contributed by atoms with E-state index in [1.165, 1.54) is 6.07 Å². The van der Waals surface area contributed by atoms with Crippen molar-refractivity contribution in [3.63, 3.8) is 0 Å². The van der Waals surface area contributed by atoms with Gasteiger partial charge in [-0.15, -0.1) is 0 Å². The number of guanidine groups is 1. The molecule has 0 radical (unpaired) electrons. The van der Waals surface area contributed by atoms with Crippen molar-refractivity contribution in [2.45, 2.75) is 19.3 Å². The quantitative estimate of drug-likeness (QED) is 0.213. The number of hydrogen-bond acceptors (Lipinski definition) is 4. The fourth-order valence-electron chi connectivity index (χ4n) is 1.82. The van der Waals surface area contributed by atoms with Crippen LogP contribution in [0.2, 0.25) is 0 Å². The van der Waals surface area contributed by atoms with Crippen LogP contribution in [0, 0.1) is 5.41 Å². The van der Waals surface area contributed by atoms with Crippen LogP contribution in [0.4, 0.5) is 5.69 Å². The van der Waals surface area contributed by atoms with Gasteiger partial charge in [0.2, 0.25) is 5.91 Å². The fourth-order valence-corrected chi connectivity index (χ4v) is 1.82. The maximum Gasteiger partial charge on any atom is 0.305 e. The van der Waals surface area contributed by atoms with Crippen molar-refractivity contribution in [3.8, 4) is 0 Å². The molecule has 24 heavy (non-hydrogen) atoms. The molecule has 2 amide bonds. The molecule has 0 heterocycles. The molecule has 0 unspecified atom stereocenters. The molecule has 0 fully saturated rings. The van der Waals surface area contributed by atoms with Gasteiger partial charge in [0, 0.05) is 30.8 Å². The number of anilines is 1. The number of carboxylic acids is 1. The molecule has 0 atom stereocenters. The van der Waals surface area contributed by atoms with Gasteiger partial charge in [0.15, 0.2) is 5.96 Å². The Morgan fingerprint density at radius 3 is 2.54 bits per heavy atom. The van der Waals surface area contributed by atoms with Crippen molar-refractivity contribution >= 4 is 29.4 Å². The Hall–Kier alpha value is -3.10. The summed E-state index contributed by atoms with van der Waals surface area (Å²) in [6, 6.07) is 6.36. The van der Waals surface area contributed by atoms with Crippen LogP contribution < -0.4 is 21.7 Å². The molecule has 9 nitrogen and oxygen atoms in total. The normalized spacial score (nSPS) is 9.83. The summed E-state index contributed by atoms with van der Waals surface area (Å²) in [5.41, 5.74) is 5.94. The van der Waals surface area contributed by atoms with Crippen LogP contribution in [0.15, 0.2) is 24.3 Å². The van der Waals surface area contributed by atoms with Crippen molar-refractivity contribution in [1.29, 1.82) is 5.41 Å². The van der Waals surface area contributed by atoms with Crippen molar-refractivity contribution < 1.29 is 19.5 Å². The van der Waals surface area contributed by atoms with Gasteiger partial charge in [0.1, 0.15) is 0 Å². The SMILES string of the molecule is N=C(N)NCCCC(=O)Nc1cccc(C(=O)NCCC(=O)O)c1. The minimum atomic E-state index is -0.990. The number of carboxylic acid groups (broad SMARTS) is 1. The highest BCUT2D eigenvalue weighted by atomic mass is 16.4. The molecule has 1 rings (SSSR count). The van der Waals surface area contributed by atoms with E-state index >= 15 is 0 Å². The molecule has 0 bridgehead atoms. The Labute approximate surface area is 139 Å². The minimum absolute atomic E-state index is 0.0356. The topological polar surface area (TPSA) is 157 Å². The summed E-state index contributed by atoms with van der Waals surface area (Å²) in [7, 11) is 0. The van der Waals surface area contributed by atoms with Crippen molar-refractivity contribution in [1.82, 2.24) is 10.6 Å². The molecular formula is C15H21N5O4. The van der Waals surface area contributed by atoms with Gasteiger partial charge in [-0.2, -0.15) is 0 Å². The Morgan fingerprint density at radius 1 is 1.12 bits per heavy atom. The molecule has 0 aliphatic rings. The lowest BCUT2D eigenvalue weighted by Gasteiger charge is -2.08. The third-order valence-corrected chi connectivity index (χ3v) is 2.93. The number of aliphatic carboxylic acids is 1. The first kappa shape index (κ1) is 18.9. The molecule has 1 aromatic carbocycles. The van der Waals surface area contributed by atoms with Gasteiger partial charge < -0.3 is 26.8 Å². The first-order valence-corrected chi connectivity index (χ1v) is 7.36. The van der Waals surface area contributed by atoms with Crippen LogP contribution >= 0.6 is 0 Å². The summed E-state index contributed by atoms with van der Waals surface area (Å²) < 4.78 is 0. The van der Waals surface area contributed by atoms with Gasteiger partial charge in [-0.25, -0.2) is 0 Å². The van der Waals surface area contributed by atoms with Crippen LogP contribution in [-0.2, 0) is 9.59 Å². The first-order chi connectivity index (χ1) is 11.4. The summed E-state index contributed by atoms with van der Waals surface area (Å²) in [6.07, 6.45) is 0.604. The van der Waals surface area contributed by atoms with Gasteiger partial charge in [-0.3, -0.25) is 19.8 Å². The van der Waals surface area contributed by atoms with Gasteiger partial charge in [0.05, 0.1) is 6.42 Å². The average molecular weight is 335 g/mol. The smallest absolute Gasteiger partial charge is 0.305 e. The van der Waals surface area contributed by atoms with E-state index in [1.54, 1.807) is 18.2 Å². The van der Waals surface area contributed by atoms with Crippen molar-refractivity contribution in [3.05, 3.63) is 29.8 Å². The van der Waals surface area contributed by atoms with E-state index in [4.69, 9.17) is 16.2 Å². The lowest BCUT2D eigenvalue weighted by atomic mass is 10.1. The molecule has 0 saturated heterocycles. The molecule has 1 aromatic rings. The zero-order valence-corrected chi connectivity index (χ0v) is 13.1. The molecule has 0 aromatic heterocycles. The number of rotatable bonds is 9. The highest BCUT2D eigenvalue weighted by Gasteiger charge is 2.08. The second-order valence-corrected chi connectivity index (χ2v) is 4.97. The van der Waals surface area contributed by atoms with Crippen molar-refractivity contribution in [2.75, 3.05) is 18.4 Å². The molecule has 0 saturated carbocycles. The molecule has 130 valence electrons. The minimum Gasteiger partial charge on any atom is -0.481 e. The summed E-state index contributed by atoms with van der Waals surface area (Å²) >= 11 is 0. The fraction of sp³-hybridized carbons (Fsp3) is 0.333. The number of carbonyl (C=O) groups excluding carboxylic acids is 2. The number of nitrogens with one attached hydrogen (secondary N) is 4. The highest BCUT2D eigenvalue weighted by molar-refractivity contribution is 5.97. The van der Waals surface area contributed by atoms with E-state index in [-0.39, 0.29) is 31.3 Å². The maximum absolute atomic E-state index is 11.9. The van der Waals surface area contributed by atoms with Crippen LogP contribution in [0.3, 0.4) is 0 Å². The predicted molar refractivity (Wildman–Crippen MR) is 88.8 cm³/mol.